The number of rotatable bonds is 2. The number of aryl methyl sites for hydroxylation is 2. The monoisotopic (exact) mass is 318 g/mol. The number of hydrogen-bond donors (Lipinski definition) is 2. The van der Waals surface area contributed by atoms with Crippen LogP contribution in [0.5, 0.6) is 11.5 Å². The minimum atomic E-state index is 0.255. The highest BCUT2D eigenvalue weighted by Crippen LogP contribution is 2.44. The maximum Gasteiger partial charge on any atom is 0.116 e. The van der Waals surface area contributed by atoms with Gasteiger partial charge in [0.15, 0.2) is 0 Å². The van der Waals surface area contributed by atoms with Gasteiger partial charge >= 0.3 is 0 Å². The molecule has 4 nitrogen and oxygen atoms in total. The topological polar surface area (TPSA) is 58.3 Å². The molecule has 0 atom stereocenters. The van der Waals surface area contributed by atoms with Gasteiger partial charge in [-0.1, -0.05) is 12.1 Å². The van der Waals surface area contributed by atoms with Gasteiger partial charge in [-0.05, 0) is 71.5 Å². The molecule has 4 rings (SSSR count). The Morgan fingerprint density at radius 1 is 1.00 bits per heavy atom. The van der Waals surface area contributed by atoms with Gasteiger partial charge in [-0.3, -0.25) is 4.68 Å². The van der Waals surface area contributed by atoms with Crippen LogP contribution in [0.2, 0.25) is 0 Å². The zero-order valence-corrected chi connectivity index (χ0v) is 13.6. The number of allylic oxidation sites excluding steroid dienone is 1. The number of phenols is 2. The zero-order chi connectivity index (χ0) is 16.8. The lowest BCUT2D eigenvalue weighted by Gasteiger charge is -2.10. The van der Waals surface area contributed by atoms with Gasteiger partial charge in [-0.25, -0.2) is 0 Å². The molecule has 0 radical (unpaired) electrons. The molecule has 1 aromatic heterocycles. The third-order valence-electron chi connectivity index (χ3n) is 4.68. The fourth-order valence-electron chi connectivity index (χ4n) is 3.50. The summed E-state index contributed by atoms with van der Waals surface area (Å²) < 4.78 is 1.85. The Bertz CT molecular complexity index is 966. The molecular weight excluding hydrogens is 300 g/mol. The van der Waals surface area contributed by atoms with Crippen molar-refractivity contribution in [3.8, 4) is 11.5 Å². The lowest BCUT2D eigenvalue weighted by Crippen LogP contribution is -1.99. The molecule has 120 valence electrons. The first-order valence-corrected chi connectivity index (χ1v) is 7.88. The fourth-order valence-corrected chi connectivity index (χ4v) is 3.50. The van der Waals surface area contributed by atoms with E-state index in [9.17, 15) is 10.2 Å². The molecule has 0 amide bonds. The van der Waals surface area contributed by atoms with Crippen molar-refractivity contribution in [3.05, 3.63) is 76.6 Å². The number of phenolic OH excluding ortho intramolecular Hbond substituents is 2. The molecule has 0 saturated carbocycles. The second kappa shape index (κ2) is 5.27. The Balaban J connectivity index is 2.00. The smallest absolute Gasteiger partial charge is 0.116 e. The number of nitrogens with zero attached hydrogens (tertiary/aromatic N) is 2. The van der Waals surface area contributed by atoms with E-state index in [4.69, 9.17) is 0 Å². The molecule has 0 fully saturated rings. The van der Waals surface area contributed by atoms with Crippen molar-refractivity contribution >= 4 is 11.1 Å². The van der Waals surface area contributed by atoms with Crippen LogP contribution in [0, 0.1) is 6.92 Å². The second-order valence-corrected chi connectivity index (χ2v) is 6.21. The number of fused-ring (bicyclic) bond motifs is 1. The van der Waals surface area contributed by atoms with Crippen LogP contribution < -0.4 is 0 Å². The van der Waals surface area contributed by atoms with Crippen LogP contribution in [0.4, 0.5) is 0 Å². The number of aromatic nitrogens is 2. The predicted molar refractivity (Wildman–Crippen MR) is 93.8 cm³/mol. The van der Waals surface area contributed by atoms with Crippen LogP contribution in [0.25, 0.3) is 11.1 Å². The quantitative estimate of drug-likeness (QED) is 0.758. The second-order valence-electron chi connectivity index (χ2n) is 6.21. The van der Waals surface area contributed by atoms with E-state index in [1.807, 2.05) is 42.9 Å². The summed E-state index contributed by atoms with van der Waals surface area (Å²) in [4.78, 5) is 0. The van der Waals surface area contributed by atoms with E-state index < -0.39 is 0 Å². The predicted octanol–water partition coefficient (Wildman–Crippen LogP) is 3.65. The lowest BCUT2D eigenvalue weighted by molar-refractivity contribution is 0.474. The van der Waals surface area contributed by atoms with Gasteiger partial charge in [0.05, 0.1) is 5.69 Å². The van der Waals surface area contributed by atoms with Crippen LogP contribution in [0.1, 0.15) is 27.9 Å². The summed E-state index contributed by atoms with van der Waals surface area (Å²) in [5, 5.41) is 24.0. The zero-order valence-electron chi connectivity index (χ0n) is 13.6. The minimum Gasteiger partial charge on any atom is -0.508 e. The Morgan fingerprint density at radius 3 is 2.42 bits per heavy atom. The van der Waals surface area contributed by atoms with Crippen molar-refractivity contribution in [2.24, 2.45) is 7.05 Å². The van der Waals surface area contributed by atoms with Crippen LogP contribution in [-0.2, 0) is 13.5 Å². The van der Waals surface area contributed by atoms with Crippen LogP contribution in [-0.4, -0.2) is 20.0 Å². The van der Waals surface area contributed by atoms with E-state index in [1.54, 1.807) is 24.4 Å². The highest BCUT2D eigenvalue weighted by atomic mass is 16.3. The molecule has 24 heavy (non-hydrogen) atoms. The highest BCUT2D eigenvalue weighted by Gasteiger charge is 2.27. The van der Waals surface area contributed by atoms with Gasteiger partial charge < -0.3 is 10.2 Å². The molecule has 2 aromatic carbocycles. The summed E-state index contributed by atoms with van der Waals surface area (Å²) in [5.74, 6) is 0.531. The molecule has 2 N–H and O–H groups in total. The summed E-state index contributed by atoms with van der Waals surface area (Å²) in [6.45, 7) is 2.03. The van der Waals surface area contributed by atoms with E-state index in [-0.39, 0.29) is 11.5 Å². The third kappa shape index (κ3) is 2.19. The van der Waals surface area contributed by atoms with E-state index in [1.165, 1.54) is 11.1 Å². The molecule has 3 aromatic rings. The molecule has 1 heterocycles. The van der Waals surface area contributed by atoms with E-state index in [0.29, 0.717) is 0 Å². The van der Waals surface area contributed by atoms with Crippen molar-refractivity contribution in [2.75, 3.05) is 0 Å². The Morgan fingerprint density at radius 2 is 1.75 bits per heavy atom. The van der Waals surface area contributed by atoms with Crippen LogP contribution in [0.15, 0.2) is 48.7 Å². The van der Waals surface area contributed by atoms with Crippen LogP contribution in [0.3, 0.4) is 0 Å². The summed E-state index contributed by atoms with van der Waals surface area (Å²) in [6.07, 6.45) is 2.58. The molecule has 1 aliphatic rings. The maximum atomic E-state index is 10.1. The number of hydrogen-bond acceptors (Lipinski definition) is 3. The van der Waals surface area contributed by atoms with E-state index in [2.05, 4.69) is 5.10 Å². The van der Waals surface area contributed by atoms with E-state index >= 15 is 0 Å². The summed E-state index contributed by atoms with van der Waals surface area (Å²) >= 11 is 0. The lowest BCUT2D eigenvalue weighted by atomic mass is 9.97. The largest absolute Gasteiger partial charge is 0.508 e. The van der Waals surface area contributed by atoms with Crippen molar-refractivity contribution in [1.82, 2.24) is 9.78 Å². The van der Waals surface area contributed by atoms with Crippen molar-refractivity contribution in [1.29, 1.82) is 0 Å². The Labute approximate surface area is 140 Å². The Kier molecular flexibility index (Phi) is 3.20. The Hall–Kier alpha value is -3.01. The van der Waals surface area contributed by atoms with Crippen molar-refractivity contribution < 1.29 is 10.2 Å². The van der Waals surface area contributed by atoms with Gasteiger partial charge in [0, 0.05) is 18.8 Å². The fraction of sp³-hybridized carbons (Fsp3) is 0.150. The van der Waals surface area contributed by atoms with Gasteiger partial charge in [0.2, 0.25) is 0 Å². The van der Waals surface area contributed by atoms with Crippen molar-refractivity contribution in [3.63, 3.8) is 0 Å². The first-order chi connectivity index (χ1) is 11.5. The summed E-state index contributed by atoms with van der Waals surface area (Å²) in [5.41, 5.74) is 7.72. The molecule has 1 aliphatic carbocycles. The van der Waals surface area contributed by atoms with Crippen molar-refractivity contribution in [2.45, 2.75) is 13.3 Å². The van der Waals surface area contributed by atoms with E-state index in [0.717, 1.165) is 34.4 Å². The standard InChI is InChI=1S/C20H18N2O2/c1-12-9-15(24)10-18-16(12)11-17(13-3-5-14(23)6-4-13)20(18)19-7-8-21-22(19)2/h3-10,23-24H,11H2,1-2H3. The summed E-state index contributed by atoms with van der Waals surface area (Å²) in [7, 11) is 1.92. The molecular formula is C20H18N2O2. The molecule has 0 spiro atoms. The van der Waals surface area contributed by atoms with Gasteiger partial charge in [0.25, 0.3) is 0 Å². The SMILES string of the molecule is Cc1cc(O)cc2c1CC(c1ccc(O)cc1)=C2c1ccnn1C. The number of aromatic hydroxyl groups is 2. The summed E-state index contributed by atoms with van der Waals surface area (Å²) in [6, 6.07) is 12.9. The molecule has 0 bridgehead atoms. The minimum absolute atomic E-state index is 0.255. The molecule has 4 heteroatoms. The maximum absolute atomic E-state index is 10.1. The molecule has 0 saturated heterocycles. The third-order valence-corrected chi connectivity index (χ3v) is 4.68. The van der Waals surface area contributed by atoms with Gasteiger partial charge in [-0.2, -0.15) is 5.10 Å². The average Bonchev–Trinajstić information content (AvgIpc) is 3.11. The highest BCUT2D eigenvalue weighted by molar-refractivity contribution is 6.03. The van der Waals surface area contributed by atoms with Gasteiger partial charge in [0.1, 0.15) is 11.5 Å². The first kappa shape index (κ1) is 14.6. The first-order valence-electron chi connectivity index (χ1n) is 7.88. The molecule has 0 unspecified atom stereocenters. The number of benzene rings is 2. The van der Waals surface area contributed by atoms with Crippen LogP contribution >= 0.6 is 0 Å². The normalized spacial score (nSPS) is 13.4. The molecule has 0 aliphatic heterocycles. The average molecular weight is 318 g/mol. The van der Waals surface area contributed by atoms with Gasteiger partial charge in [-0.15, -0.1) is 0 Å².